The Morgan fingerprint density at radius 2 is 0.968 bits per heavy atom. The highest BCUT2D eigenvalue weighted by molar-refractivity contribution is 5.52. The topological polar surface area (TPSA) is 95.3 Å². The maximum absolute atomic E-state index is 11.9. The standard InChI is InChI=1S/C26H37NO4.C26H38O5/c1-23-10-11-26(30-14-15-31-26)16-18(23)4-5-19-20(23)8-9-25(17-27-3)21(19)6-7-22(25)24(2)28-12-13-29-24;1-23-9-10-26(30-15-16-31-26)17-18(23)3-4-19-20(23)7-8-25(11-12-27)21(19)5-6-22(25)24(2)28-13-14-29-24/h4,19-22H,5-17H2,1-2H3;3,12,19-22H,4-11,13-17H2,1-2H3/t2*19-,20-,21+,22-,23-,25-/m11/s1. The highest BCUT2D eigenvalue weighted by Gasteiger charge is 2.68. The van der Waals surface area contributed by atoms with Gasteiger partial charge in [-0.1, -0.05) is 37.1 Å². The molecule has 62 heavy (non-hydrogen) atoms. The van der Waals surface area contributed by atoms with Crippen molar-refractivity contribution in [2.24, 2.45) is 69.0 Å². The van der Waals surface area contributed by atoms with E-state index >= 15 is 0 Å². The fourth-order valence-electron chi connectivity index (χ4n) is 18.4. The van der Waals surface area contributed by atoms with Gasteiger partial charge in [0.25, 0.3) is 0 Å². The SMILES string of the molecule is CC1([C@H]2CC[C@H]3[C@@H]4CC=C5CC6(CC[C@@]5(C)[C@@H]4CC[C@]23CC=O)OCCO6)OCCO1.[C-]#[N+]C[C@]12CC[C@@H]3[C@@H](CC=C4CC5(CC[C@]43C)OCCO5)[C@@H]1CC[C@@H]2C1(C)OCCO1. The minimum atomic E-state index is -0.515. The first-order valence-corrected chi connectivity index (χ1v) is 25.2. The summed E-state index contributed by atoms with van der Waals surface area (Å²) in [6, 6.07) is 0. The Bertz CT molecular complexity index is 1830. The number of hydrogen-bond acceptors (Lipinski definition) is 9. The van der Waals surface area contributed by atoms with Crippen LogP contribution < -0.4 is 0 Å². The van der Waals surface area contributed by atoms with Gasteiger partial charge in [0.1, 0.15) is 6.29 Å². The molecule has 6 saturated carbocycles. The lowest BCUT2D eigenvalue weighted by atomic mass is 9.46. The molecule has 0 aromatic rings. The summed E-state index contributed by atoms with van der Waals surface area (Å²) >= 11 is 0. The maximum Gasteiger partial charge on any atom is 0.220 e. The summed E-state index contributed by atoms with van der Waals surface area (Å²) in [7, 11) is 0. The first kappa shape index (κ1) is 42.9. The summed E-state index contributed by atoms with van der Waals surface area (Å²) in [5.74, 6) is 2.93. The molecule has 12 aliphatic rings. The molecule has 4 heterocycles. The molecule has 10 nitrogen and oxygen atoms in total. The van der Waals surface area contributed by atoms with Crippen LogP contribution in [0.2, 0.25) is 0 Å². The number of aldehydes is 1. The van der Waals surface area contributed by atoms with Crippen molar-refractivity contribution < 1.29 is 42.7 Å². The van der Waals surface area contributed by atoms with E-state index in [0.717, 1.165) is 103 Å². The molecule has 0 radical (unpaired) electrons. The lowest BCUT2D eigenvalue weighted by molar-refractivity contribution is -0.220. The van der Waals surface area contributed by atoms with Gasteiger partial charge in [0.15, 0.2) is 23.1 Å². The molecule has 8 aliphatic carbocycles. The number of hydrogen-bond donors (Lipinski definition) is 0. The average molecular weight is 858 g/mol. The fourth-order valence-corrected chi connectivity index (χ4v) is 18.4. The molecule has 4 saturated heterocycles. The molecule has 0 aromatic carbocycles. The van der Waals surface area contributed by atoms with Gasteiger partial charge in [-0.2, -0.15) is 0 Å². The fraction of sp³-hybridized carbons (Fsp3) is 0.885. The minimum absolute atomic E-state index is 0.0390. The van der Waals surface area contributed by atoms with Crippen LogP contribution in [0.3, 0.4) is 0 Å². The number of allylic oxidation sites excluding steroid dienone is 2. The van der Waals surface area contributed by atoms with Gasteiger partial charge in [-0.05, 0) is 143 Å². The number of nitrogens with zero attached hydrogens (tertiary/aromatic N) is 1. The van der Waals surface area contributed by atoms with E-state index in [4.69, 9.17) is 44.5 Å². The van der Waals surface area contributed by atoms with Crippen LogP contribution in [0.5, 0.6) is 0 Å². The molecular formula is C52H75NO9. The van der Waals surface area contributed by atoms with E-state index in [1.54, 1.807) is 11.1 Å². The molecule has 0 aromatic heterocycles. The summed E-state index contributed by atoms with van der Waals surface area (Å²) in [5, 5.41) is 0. The highest BCUT2D eigenvalue weighted by Crippen LogP contribution is 2.71. The molecule has 0 unspecified atom stereocenters. The van der Waals surface area contributed by atoms with E-state index < -0.39 is 11.6 Å². The van der Waals surface area contributed by atoms with Gasteiger partial charge >= 0.3 is 0 Å². The summed E-state index contributed by atoms with van der Waals surface area (Å²) in [5.41, 5.74) is 3.77. The van der Waals surface area contributed by atoms with Crippen molar-refractivity contribution in [1.29, 1.82) is 0 Å². The van der Waals surface area contributed by atoms with Crippen molar-refractivity contribution in [3.8, 4) is 0 Å². The molecule has 10 fully saturated rings. The van der Waals surface area contributed by atoms with Crippen LogP contribution in [0, 0.1) is 75.6 Å². The van der Waals surface area contributed by atoms with E-state index in [0.29, 0.717) is 86.7 Å². The molecule has 10 heteroatoms. The highest BCUT2D eigenvalue weighted by atomic mass is 16.8. The Kier molecular flexibility index (Phi) is 10.7. The van der Waals surface area contributed by atoms with Crippen molar-refractivity contribution in [2.45, 2.75) is 160 Å². The van der Waals surface area contributed by atoms with Gasteiger partial charge < -0.3 is 47.5 Å². The predicted octanol–water partition coefficient (Wildman–Crippen LogP) is 9.61. The zero-order valence-electron chi connectivity index (χ0n) is 38.4. The Morgan fingerprint density at radius 3 is 1.42 bits per heavy atom. The lowest BCUT2D eigenvalue weighted by Crippen LogP contribution is -2.56. The Hall–Kier alpha value is -1.68. The predicted molar refractivity (Wildman–Crippen MR) is 231 cm³/mol. The third-order valence-electron chi connectivity index (χ3n) is 21.1. The van der Waals surface area contributed by atoms with Crippen LogP contribution >= 0.6 is 0 Å². The quantitative estimate of drug-likeness (QED) is 0.152. The maximum atomic E-state index is 11.9. The molecule has 2 spiro atoms. The third-order valence-corrected chi connectivity index (χ3v) is 21.1. The third kappa shape index (κ3) is 6.31. The van der Waals surface area contributed by atoms with Crippen LogP contribution in [0.4, 0.5) is 0 Å². The Morgan fingerprint density at radius 1 is 0.548 bits per heavy atom. The van der Waals surface area contributed by atoms with E-state index in [2.05, 4.69) is 44.7 Å². The lowest BCUT2D eigenvalue weighted by Gasteiger charge is -2.60. The average Bonchev–Trinajstić information content (AvgIpc) is 4.13. The Labute approximate surface area is 371 Å². The van der Waals surface area contributed by atoms with Crippen LogP contribution in [-0.4, -0.2) is 88.8 Å². The summed E-state index contributed by atoms with van der Waals surface area (Å²) in [6.45, 7) is 23.4. The normalized spacial score (nSPS) is 47.4. The number of carbonyl (C=O) groups excluding carboxylic acids is 1. The first-order chi connectivity index (χ1) is 29.9. The molecule has 0 N–H and O–H groups in total. The molecule has 0 bridgehead atoms. The zero-order valence-corrected chi connectivity index (χ0v) is 38.4. The van der Waals surface area contributed by atoms with E-state index in [9.17, 15) is 4.79 Å². The smallest absolute Gasteiger partial charge is 0.220 e. The molecule has 0 amide bonds. The Balaban J connectivity index is 0.000000139. The van der Waals surface area contributed by atoms with E-state index in [-0.39, 0.29) is 33.2 Å². The summed E-state index contributed by atoms with van der Waals surface area (Å²) < 4.78 is 49.0. The number of fused-ring (bicyclic) bond motifs is 10. The van der Waals surface area contributed by atoms with Crippen LogP contribution in [0.25, 0.3) is 4.85 Å². The van der Waals surface area contributed by atoms with Crippen molar-refractivity contribution in [3.05, 3.63) is 34.7 Å². The van der Waals surface area contributed by atoms with Gasteiger partial charge in [-0.25, -0.2) is 6.57 Å². The van der Waals surface area contributed by atoms with Gasteiger partial charge in [0.05, 0.1) is 58.3 Å². The zero-order chi connectivity index (χ0) is 42.6. The van der Waals surface area contributed by atoms with Crippen LogP contribution in [0.1, 0.15) is 137 Å². The molecule has 342 valence electrons. The van der Waals surface area contributed by atoms with Crippen molar-refractivity contribution in [3.63, 3.8) is 0 Å². The van der Waals surface area contributed by atoms with Crippen LogP contribution in [-0.2, 0) is 42.7 Å². The minimum Gasteiger partial charge on any atom is -0.348 e. The second-order valence-electron chi connectivity index (χ2n) is 23.0. The largest absolute Gasteiger partial charge is 0.348 e. The monoisotopic (exact) mass is 858 g/mol. The number of carbonyl (C=O) groups is 1. The van der Waals surface area contributed by atoms with Gasteiger partial charge in [0, 0.05) is 43.9 Å². The molecule has 12 atom stereocenters. The molecular weight excluding hydrogens is 783 g/mol. The molecule has 12 rings (SSSR count). The summed E-state index contributed by atoms with van der Waals surface area (Å²) in [6.07, 6.45) is 24.9. The molecule has 4 aliphatic heterocycles. The van der Waals surface area contributed by atoms with Crippen LogP contribution in [0.15, 0.2) is 23.3 Å². The second kappa shape index (κ2) is 15.4. The van der Waals surface area contributed by atoms with E-state index in [1.807, 2.05) is 0 Å². The summed E-state index contributed by atoms with van der Waals surface area (Å²) in [4.78, 5) is 16.0. The van der Waals surface area contributed by atoms with Crippen molar-refractivity contribution in [1.82, 2.24) is 0 Å². The van der Waals surface area contributed by atoms with Gasteiger partial charge in [0.2, 0.25) is 6.54 Å². The van der Waals surface area contributed by atoms with Gasteiger partial charge in [-0.3, -0.25) is 0 Å². The first-order valence-electron chi connectivity index (χ1n) is 25.2. The van der Waals surface area contributed by atoms with Crippen molar-refractivity contribution >= 4 is 6.29 Å². The van der Waals surface area contributed by atoms with E-state index in [1.165, 1.54) is 32.0 Å². The van der Waals surface area contributed by atoms with Crippen molar-refractivity contribution in [2.75, 3.05) is 59.4 Å². The van der Waals surface area contributed by atoms with Gasteiger partial charge in [-0.15, -0.1) is 0 Å². The second-order valence-corrected chi connectivity index (χ2v) is 23.0. The number of ether oxygens (including phenoxy) is 8. The number of rotatable bonds is 5.